The van der Waals surface area contributed by atoms with Gasteiger partial charge in [-0.1, -0.05) is 30.8 Å². The number of benzene rings is 1. The van der Waals surface area contributed by atoms with Crippen molar-refractivity contribution in [2.75, 3.05) is 0 Å². The highest BCUT2D eigenvalue weighted by atomic mass is 32.2. The Balaban J connectivity index is 2.12. The van der Waals surface area contributed by atoms with Crippen molar-refractivity contribution in [3.8, 4) is 0 Å². The maximum atomic E-state index is 7.23. The molecule has 4 nitrogen and oxygen atoms in total. The molecule has 0 aliphatic rings. The number of imidazole rings is 1. The van der Waals surface area contributed by atoms with Crippen molar-refractivity contribution in [1.29, 1.82) is 5.41 Å². The van der Waals surface area contributed by atoms with Gasteiger partial charge in [-0.05, 0) is 12.1 Å². The van der Waals surface area contributed by atoms with E-state index in [9.17, 15) is 0 Å². The summed E-state index contributed by atoms with van der Waals surface area (Å²) in [5.41, 5.74) is 7.38. The molecule has 84 valence electrons. The predicted molar refractivity (Wildman–Crippen MR) is 67.9 cm³/mol. The van der Waals surface area contributed by atoms with Crippen LogP contribution in [0.15, 0.2) is 29.4 Å². The first-order chi connectivity index (χ1) is 7.65. The van der Waals surface area contributed by atoms with Crippen molar-refractivity contribution in [3.05, 3.63) is 24.3 Å². The molecule has 4 N–H and O–H groups in total. The lowest BCUT2D eigenvalue weighted by atomic mass is 10.3. The van der Waals surface area contributed by atoms with Crippen LogP contribution in [0.2, 0.25) is 0 Å². The maximum absolute atomic E-state index is 7.23. The Kier molecular flexibility index (Phi) is 3.14. The van der Waals surface area contributed by atoms with E-state index in [0.717, 1.165) is 16.2 Å². The Morgan fingerprint density at radius 2 is 2.31 bits per heavy atom. The zero-order valence-corrected chi connectivity index (χ0v) is 9.84. The first kappa shape index (κ1) is 11.0. The van der Waals surface area contributed by atoms with Gasteiger partial charge in [0.2, 0.25) is 0 Å². The second-order valence-electron chi connectivity index (χ2n) is 3.72. The van der Waals surface area contributed by atoms with E-state index in [2.05, 4.69) is 9.97 Å². The first-order valence-corrected chi connectivity index (χ1v) is 5.97. The lowest BCUT2D eigenvalue weighted by Gasteiger charge is -2.06. The molecule has 1 aromatic heterocycles. The molecule has 16 heavy (non-hydrogen) atoms. The minimum atomic E-state index is 0.219. The Labute approximate surface area is 98.1 Å². The Bertz CT molecular complexity index is 472. The fourth-order valence-corrected chi connectivity index (χ4v) is 2.49. The van der Waals surface area contributed by atoms with Crippen LogP contribution in [0.5, 0.6) is 0 Å². The van der Waals surface area contributed by atoms with E-state index >= 15 is 0 Å². The highest BCUT2D eigenvalue weighted by Gasteiger charge is 2.09. The van der Waals surface area contributed by atoms with Gasteiger partial charge in [0.25, 0.3) is 0 Å². The van der Waals surface area contributed by atoms with E-state index < -0.39 is 0 Å². The molecule has 0 fully saturated rings. The molecule has 0 spiro atoms. The summed E-state index contributed by atoms with van der Waals surface area (Å²) < 4.78 is 0. The highest BCUT2D eigenvalue weighted by molar-refractivity contribution is 7.99. The van der Waals surface area contributed by atoms with Crippen LogP contribution in [0.1, 0.15) is 13.3 Å². The average molecular weight is 234 g/mol. The number of aromatic nitrogens is 2. The number of amidine groups is 1. The molecule has 1 atom stereocenters. The van der Waals surface area contributed by atoms with E-state index in [0.29, 0.717) is 6.42 Å². The number of thioether (sulfide) groups is 1. The zero-order valence-electron chi connectivity index (χ0n) is 9.03. The molecule has 0 amide bonds. The van der Waals surface area contributed by atoms with Crippen molar-refractivity contribution in [3.63, 3.8) is 0 Å². The van der Waals surface area contributed by atoms with Crippen molar-refractivity contribution in [2.45, 2.75) is 23.8 Å². The number of hydrogen-bond donors (Lipinski definition) is 3. The van der Waals surface area contributed by atoms with Crippen molar-refractivity contribution < 1.29 is 0 Å². The molecular weight excluding hydrogens is 220 g/mol. The van der Waals surface area contributed by atoms with Crippen molar-refractivity contribution in [1.82, 2.24) is 9.97 Å². The standard InChI is InChI=1S/C11H14N4S/c1-7(6-10(12)13)16-11-14-8-4-2-3-5-9(8)15-11/h2-5,7H,6H2,1H3,(H3,12,13)(H,14,15). The number of para-hydroxylation sites is 2. The van der Waals surface area contributed by atoms with Gasteiger partial charge in [-0.3, -0.25) is 5.41 Å². The molecule has 1 heterocycles. The smallest absolute Gasteiger partial charge is 0.166 e. The number of nitrogens with two attached hydrogens (primary N) is 1. The molecule has 0 radical (unpaired) electrons. The fraction of sp³-hybridized carbons (Fsp3) is 0.273. The van der Waals surface area contributed by atoms with Crippen LogP contribution in [0, 0.1) is 5.41 Å². The summed E-state index contributed by atoms with van der Waals surface area (Å²) in [4.78, 5) is 7.70. The van der Waals surface area contributed by atoms with Gasteiger partial charge in [0.1, 0.15) is 0 Å². The number of aromatic amines is 1. The van der Waals surface area contributed by atoms with Gasteiger partial charge >= 0.3 is 0 Å². The monoisotopic (exact) mass is 234 g/mol. The van der Waals surface area contributed by atoms with Crippen LogP contribution >= 0.6 is 11.8 Å². The summed E-state index contributed by atoms with van der Waals surface area (Å²) in [5.74, 6) is 0.219. The number of nitrogens with zero attached hydrogens (tertiary/aromatic N) is 1. The summed E-state index contributed by atoms with van der Waals surface area (Å²) in [6.45, 7) is 2.04. The molecule has 0 aliphatic heterocycles. The van der Waals surface area contributed by atoms with Gasteiger partial charge in [-0.25, -0.2) is 4.98 Å². The van der Waals surface area contributed by atoms with Crippen LogP contribution in [-0.2, 0) is 0 Å². The SMILES string of the molecule is CC(CC(=N)N)Sc1nc2ccccc2[nH]1. The number of nitrogens with one attached hydrogen (secondary N) is 2. The summed E-state index contributed by atoms with van der Waals surface area (Å²) >= 11 is 1.61. The second-order valence-corrected chi connectivity index (χ2v) is 5.14. The molecule has 0 aliphatic carbocycles. The Hall–Kier alpha value is -1.49. The Morgan fingerprint density at radius 3 is 3.00 bits per heavy atom. The zero-order chi connectivity index (χ0) is 11.5. The average Bonchev–Trinajstić information content (AvgIpc) is 2.57. The van der Waals surface area contributed by atoms with E-state index in [4.69, 9.17) is 11.1 Å². The van der Waals surface area contributed by atoms with E-state index in [1.807, 2.05) is 31.2 Å². The number of rotatable bonds is 4. The minimum absolute atomic E-state index is 0.219. The summed E-state index contributed by atoms with van der Waals surface area (Å²) in [6.07, 6.45) is 0.585. The molecule has 5 heteroatoms. The van der Waals surface area contributed by atoms with Crippen LogP contribution in [0.4, 0.5) is 0 Å². The molecule has 0 saturated carbocycles. The third kappa shape index (κ3) is 2.55. The molecule has 2 rings (SSSR count). The first-order valence-electron chi connectivity index (χ1n) is 5.09. The van der Waals surface area contributed by atoms with Gasteiger partial charge in [0, 0.05) is 11.7 Å². The van der Waals surface area contributed by atoms with Crippen molar-refractivity contribution >= 4 is 28.6 Å². The lowest BCUT2D eigenvalue weighted by molar-refractivity contribution is 0.975. The van der Waals surface area contributed by atoms with Crippen LogP contribution < -0.4 is 5.73 Å². The summed E-state index contributed by atoms with van der Waals surface area (Å²) in [6, 6.07) is 7.93. The van der Waals surface area contributed by atoms with E-state index in [1.165, 1.54) is 0 Å². The molecular formula is C11H14N4S. The van der Waals surface area contributed by atoms with Gasteiger partial charge in [-0.2, -0.15) is 0 Å². The third-order valence-electron chi connectivity index (χ3n) is 2.19. The Morgan fingerprint density at radius 1 is 1.56 bits per heavy atom. The van der Waals surface area contributed by atoms with Crippen molar-refractivity contribution in [2.24, 2.45) is 5.73 Å². The molecule has 2 aromatic rings. The lowest BCUT2D eigenvalue weighted by Crippen LogP contribution is -2.14. The van der Waals surface area contributed by atoms with Crippen LogP contribution in [0.3, 0.4) is 0 Å². The predicted octanol–water partition coefficient (Wildman–Crippen LogP) is 2.37. The van der Waals surface area contributed by atoms with Gasteiger partial charge in [-0.15, -0.1) is 0 Å². The number of fused-ring (bicyclic) bond motifs is 1. The highest BCUT2D eigenvalue weighted by Crippen LogP contribution is 2.24. The normalized spacial score (nSPS) is 12.8. The number of hydrogen-bond acceptors (Lipinski definition) is 3. The maximum Gasteiger partial charge on any atom is 0.166 e. The van der Waals surface area contributed by atoms with Crippen LogP contribution in [-0.4, -0.2) is 21.1 Å². The second kappa shape index (κ2) is 4.57. The molecule has 0 bridgehead atoms. The summed E-state index contributed by atoms with van der Waals surface area (Å²) in [5, 5.41) is 8.38. The molecule has 0 saturated heterocycles. The number of H-pyrrole nitrogens is 1. The van der Waals surface area contributed by atoms with E-state index in [1.54, 1.807) is 11.8 Å². The van der Waals surface area contributed by atoms with Gasteiger partial charge in [0.05, 0.1) is 16.9 Å². The van der Waals surface area contributed by atoms with E-state index in [-0.39, 0.29) is 11.1 Å². The summed E-state index contributed by atoms with van der Waals surface area (Å²) in [7, 11) is 0. The minimum Gasteiger partial charge on any atom is -0.388 e. The van der Waals surface area contributed by atoms with Gasteiger partial charge < -0.3 is 10.7 Å². The molecule has 1 unspecified atom stereocenters. The third-order valence-corrected chi connectivity index (χ3v) is 3.17. The largest absolute Gasteiger partial charge is 0.388 e. The topological polar surface area (TPSA) is 78.6 Å². The quantitative estimate of drug-likeness (QED) is 0.431. The molecule has 1 aromatic carbocycles. The fourth-order valence-electron chi connectivity index (χ4n) is 1.53. The van der Waals surface area contributed by atoms with Gasteiger partial charge in [0.15, 0.2) is 5.16 Å². The van der Waals surface area contributed by atoms with Crippen LogP contribution in [0.25, 0.3) is 11.0 Å².